The van der Waals surface area contributed by atoms with Crippen LogP contribution in [-0.4, -0.2) is 36.9 Å². The number of rotatable bonds is 5. The van der Waals surface area contributed by atoms with Crippen molar-refractivity contribution in [3.05, 3.63) is 77.4 Å². The highest BCUT2D eigenvalue weighted by Gasteiger charge is 2.29. The van der Waals surface area contributed by atoms with Crippen LogP contribution in [0.25, 0.3) is 10.8 Å². The number of carbonyl (C=O) groups excluding carboxylic acids is 2. The molecule has 2 amide bonds. The van der Waals surface area contributed by atoms with Crippen molar-refractivity contribution in [3.8, 4) is 5.75 Å². The molecule has 5 nitrogen and oxygen atoms in total. The molecule has 0 aromatic heterocycles. The molecule has 0 saturated carbocycles. The van der Waals surface area contributed by atoms with Gasteiger partial charge in [0.05, 0.1) is 13.2 Å². The van der Waals surface area contributed by atoms with E-state index in [1.165, 1.54) is 12.1 Å². The fourth-order valence-corrected chi connectivity index (χ4v) is 4.41. The van der Waals surface area contributed by atoms with Gasteiger partial charge in [0.25, 0.3) is 5.91 Å². The molecule has 172 valence electrons. The molecule has 1 heterocycles. The summed E-state index contributed by atoms with van der Waals surface area (Å²) in [7, 11) is 1.60. The quantitative estimate of drug-likeness (QED) is 0.602. The number of hydrogen-bond donors (Lipinski definition) is 1. The van der Waals surface area contributed by atoms with Crippen molar-refractivity contribution in [2.24, 2.45) is 5.92 Å². The normalized spacial score (nSPS) is 15.3. The van der Waals surface area contributed by atoms with Crippen LogP contribution in [0.2, 0.25) is 0 Å². The van der Waals surface area contributed by atoms with E-state index in [0.29, 0.717) is 37.2 Å². The molecule has 1 fully saturated rings. The Bertz CT molecular complexity index is 1190. The summed E-state index contributed by atoms with van der Waals surface area (Å²) in [6.45, 7) is 2.58. The summed E-state index contributed by atoms with van der Waals surface area (Å²) in [4.78, 5) is 27.7. The van der Waals surface area contributed by atoms with Crippen molar-refractivity contribution >= 4 is 22.6 Å². The maximum absolute atomic E-state index is 14.0. The number of hydrogen-bond acceptors (Lipinski definition) is 3. The van der Waals surface area contributed by atoms with E-state index in [1.807, 2.05) is 24.3 Å². The number of nitrogens with one attached hydrogen (secondary N) is 1. The topological polar surface area (TPSA) is 58.6 Å². The lowest BCUT2D eigenvalue weighted by atomic mass is 9.94. The van der Waals surface area contributed by atoms with Crippen LogP contribution in [0, 0.1) is 17.6 Å². The highest BCUT2D eigenvalue weighted by atomic mass is 19.1. The van der Waals surface area contributed by atoms with E-state index in [9.17, 15) is 18.4 Å². The average Bonchev–Trinajstić information content (AvgIpc) is 2.82. The molecule has 1 aliphatic heterocycles. The molecule has 0 radical (unpaired) electrons. The lowest BCUT2D eigenvalue weighted by Gasteiger charge is -2.32. The number of ether oxygens (including phenoxy) is 1. The van der Waals surface area contributed by atoms with Gasteiger partial charge in [-0.05, 0) is 43.4 Å². The number of likely N-dealkylation sites (tertiary alicyclic amines) is 1. The SMILES string of the molecule is COc1ccc(C(=O)N2CCC(C(=O)NC(C)c3ccc(F)cc3F)CC2)c2ccccc12. The van der Waals surface area contributed by atoms with E-state index >= 15 is 0 Å². The predicted molar refractivity (Wildman–Crippen MR) is 122 cm³/mol. The first-order valence-corrected chi connectivity index (χ1v) is 11.0. The van der Waals surface area contributed by atoms with E-state index in [-0.39, 0.29) is 23.3 Å². The highest BCUT2D eigenvalue weighted by molar-refractivity contribution is 6.08. The van der Waals surface area contributed by atoms with Gasteiger partial charge in [0.1, 0.15) is 17.4 Å². The summed E-state index contributed by atoms with van der Waals surface area (Å²) in [5.41, 5.74) is 0.846. The zero-order chi connectivity index (χ0) is 23.5. The van der Waals surface area contributed by atoms with Crippen molar-refractivity contribution < 1.29 is 23.1 Å². The van der Waals surface area contributed by atoms with Gasteiger partial charge >= 0.3 is 0 Å². The standard InChI is InChI=1S/C26H26F2N2O3/c1-16(19-8-7-18(27)15-23(19)28)29-25(31)17-11-13-30(14-12-17)26(32)22-9-10-24(33-2)21-6-4-3-5-20(21)22/h3-10,15-17H,11-14H2,1-2H3,(H,29,31). The first-order chi connectivity index (χ1) is 15.9. The lowest BCUT2D eigenvalue weighted by Crippen LogP contribution is -2.43. The molecule has 4 rings (SSSR count). The van der Waals surface area contributed by atoms with Crippen molar-refractivity contribution in [1.29, 1.82) is 0 Å². The van der Waals surface area contributed by atoms with E-state index in [0.717, 1.165) is 16.8 Å². The molecule has 7 heteroatoms. The van der Waals surface area contributed by atoms with Gasteiger partial charge in [-0.3, -0.25) is 9.59 Å². The fraction of sp³-hybridized carbons (Fsp3) is 0.308. The van der Waals surface area contributed by atoms with Crippen molar-refractivity contribution in [1.82, 2.24) is 10.2 Å². The van der Waals surface area contributed by atoms with Gasteiger partial charge in [-0.25, -0.2) is 8.78 Å². The Kier molecular flexibility index (Phi) is 6.58. The van der Waals surface area contributed by atoms with E-state index in [4.69, 9.17) is 4.74 Å². The number of fused-ring (bicyclic) bond motifs is 1. The minimum Gasteiger partial charge on any atom is -0.496 e. The maximum atomic E-state index is 14.0. The van der Waals surface area contributed by atoms with E-state index < -0.39 is 17.7 Å². The van der Waals surface area contributed by atoms with Crippen LogP contribution in [-0.2, 0) is 4.79 Å². The Hall–Kier alpha value is -3.48. The van der Waals surface area contributed by atoms with Gasteiger partial charge in [-0.15, -0.1) is 0 Å². The summed E-state index contributed by atoms with van der Waals surface area (Å²) in [6.07, 6.45) is 1.04. The van der Waals surface area contributed by atoms with Crippen LogP contribution in [0.4, 0.5) is 8.78 Å². The molecule has 1 N–H and O–H groups in total. The molecule has 1 saturated heterocycles. The third-order valence-electron chi connectivity index (χ3n) is 6.28. The molecular formula is C26H26F2N2O3. The summed E-state index contributed by atoms with van der Waals surface area (Å²) >= 11 is 0. The molecule has 33 heavy (non-hydrogen) atoms. The van der Waals surface area contributed by atoms with Crippen molar-refractivity contribution in [3.63, 3.8) is 0 Å². The molecule has 0 bridgehead atoms. The Morgan fingerprint density at radius 3 is 2.39 bits per heavy atom. The Morgan fingerprint density at radius 2 is 1.73 bits per heavy atom. The van der Waals surface area contributed by atoms with Crippen LogP contribution in [0.5, 0.6) is 5.75 Å². The zero-order valence-electron chi connectivity index (χ0n) is 18.6. The largest absolute Gasteiger partial charge is 0.496 e. The minimum absolute atomic E-state index is 0.0746. The maximum Gasteiger partial charge on any atom is 0.254 e. The first kappa shape index (κ1) is 22.7. The molecule has 1 aliphatic rings. The number of amides is 2. The number of halogens is 2. The minimum atomic E-state index is -0.685. The third-order valence-corrected chi connectivity index (χ3v) is 6.28. The monoisotopic (exact) mass is 452 g/mol. The second-order valence-corrected chi connectivity index (χ2v) is 8.32. The Balaban J connectivity index is 1.40. The Labute approximate surface area is 191 Å². The van der Waals surface area contributed by atoms with Crippen LogP contribution in [0.15, 0.2) is 54.6 Å². The van der Waals surface area contributed by atoms with E-state index in [1.54, 1.807) is 31.1 Å². The number of piperidine rings is 1. The van der Waals surface area contributed by atoms with Crippen molar-refractivity contribution in [2.45, 2.75) is 25.8 Å². The van der Waals surface area contributed by atoms with Gasteiger partial charge in [-0.2, -0.15) is 0 Å². The number of nitrogens with zero attached hydrogens (tertiary/aromatic N) is 1. The van der Waals surface area contributed by atoms with Gasteiger partial charge in [-0.1, -0.05) is 30.3 Å². The molecule has 1 unspecified atom stereocenters. The second kappa shape index (κ2) is 9.57. The lowest BCUT2D eigenvalue weighted by molar-refractivity contribution is -0.127. The third kappa shape index (κ3) is 4.67. The zero-order valence-corrected chi connectivity index (χ0v) is 18.6. The predicted octanol–water partition coefficient (Wildman–Crippen LogP) is 4.86. The average molecular weight is 453 g/mol. The van der Waals surface area contributed by atoms with Crippen molar-refractivity contribution in [2.75, 3.05) is 20.2 Å². The molecule has 0 aliphatic carbocycles. The van der Waals surface area contributed by atoms with Crippen LogP contribution in [0.1, 0.15) is 41.7 Å². The molecule has 3 aromatic rings. The number of benzene rings is 3. The molecule has 3 aromatic carbocycles. The van der Waals surface area contributed by atoms with E-state index in [2.05, 4.69) is 5.32 Å². The van der Waals surface area contributed by atoms with Gasteiger partial charge in [0, 0.05) is 41.6 Å². The number of carbonyl (C=O) groups is 2. The smallest absolute Gasteiger partial charge is 0.254 e. The van der Waals surface area contributed by atoms with Gasteiger partial charge in [0.15, 0.2) is 0 Å². The molecular weight excluding hydrogens is 426 g/mol. The van der Waals surface area contributed by atoms with Gasteiger partial charge in [0.2, 0.25) is 5.91 Å². The van der Waals surface area contributed by atoms with Crippen LogP contribution < -0.4 is 10.1 Å². The summed E-state index contributed by atoms with van der Waals surface area (Å²) in [6, 6.07) is 13.9. The summed E-state index contributed by atoms with van der Waals surface area (Å²) < 4.78 is 32.6. The Morgan fingerprint density at radius 1 is 1.03 bits per heavy atom. The fourth-order valence-electron chi connectivity index (χ4n) is 4.41. The second-order valence-electron chi connectivity index (χ2n) is 8.32. The summed E-state index contributed by atoms with van der Waals surface area (Å²) in [5, 5.41) is 4.53. The molecule has 1 atom stereocenters. The van der Waals surface area contributed by atoms with Crippen LogP contribution in [0.3, 0.4) is 0 Å². The first-order valence-electron chi connectivity index (χ1n) is 11.0. The highest BCUT2D eigenvalue weighted by Crippen LogP contribution is 2.30. The number of methoxy groups -OCH3 is 1. The van der Waals surface area contributed by atoms with Gasteiger partial charge < -0.3 is 15.0 Å². The molecule has 0 spiro atoms. The van der Waals surface area contributed by atoms with Crippen LogP contribution >= 0.6 is 0 Å². The summed E-state index contributed by atoms with van der Waals surface area (Å²) in [5.74, 6) is -1.16.